The molecule has 182 valence electrons. The molecule has 3 aromatic carbocycles. The number of anilines is 1. The summed E-state index contributed by atoms with van der Waals surface area (Å²) in [6.07, 6.45) is 2.55. The third-order valence-electron chi connectivity index (χ3n) is 6.36. The van der Waals surface area contributed by atoms with Crippen molar-refractivity contribution in [3.8, 4) is 0 Å². The normalized spacial score (nSPS) is 15.0. The summed E-state index contributed by atoms with van der Waals surface area (Å²) in [7, 11) is -3.65. The first-order valence-corrected chi connectivity index (χ1v) is 12.9. The molecule has 1 aliphatic heterocycles. The summed E-state index contributed by atoms with van der Waals surface area (Å²) in [5.41, 5.74) is 1.70. The van der Waals surface area contributed by atoms with E-state index in [1.807, 2.05) is 18.2 Å². The molecule has 1 N–H and O–H groups in total. The minimum atomic E-state index is -3.65. The van der Waals surface area contributed by atoms with E-state index in [0.29, 0.717) is 30.3 Å². The first-order chi connectivity index (χ1) is 16.8. The van der Waals surface area contributed by atoms with Crippen molar-refractivity contribution in [1.29, 1.82) is 0 Å². The summed E-state index contributed by atoms with van der Waals surface area (Å²) in [6, 6.07) is 20.6. The molecule has 1 aliphatic rings. The monoisotopic (exact) mass is 493 g/mol. The molecule has 1 heterocycles. The van der Waals surface area contributed by atoms with E-state index in [1.54, 1.807) is 19.1 Å². The molecular formula is C26H27N3O5S. The van der Waals surface area contributed by atoms with Gasteiger partial charge in [0.05, 0.1) is 9.82 Å². The fourth-order valence-corrected chi connectivity index (χ4v) is 5.91. The minimum absolute atomic E-state index is 0.0509. The third kappa shape index (κ3) is 5.58. The van der Waals surface area contributed by atoms with Gasteiger partial charge in [0.1, 0.15) is 5.56 Å². The van der Waals surface area contributed by atoms with Crippen molar-refractivity contribution in [1.82, 2.24) is 4.31 Å². The predicted octanol–water partition coefficient (Wildman–Crippen LogP) is 4.80. The van der Waals surface area contributed by atoms with Gasteiger partial charge in [0.25, 0.3) is 11.6 Å². The third-order valence-corrected chi connectivity index (χ3v) is 8.27. The summed E-state index contributed by atoms with van der Waals surface area (Å²) in [5, 5.41) is 14.0. The number of benzene rings is 3. The molecule has 35 heavy (non-hydrogen) atoms. The standard InChI is InChI=1S/C26H27N3O5S/c1-19-6-5-9-24(25(19)29(31)32)26(30)27-22-10-12-23(13-11-22)35(33,34)28-16-14-21(15-17-28)18-20-7-3-2-4-8-20/h2-13,21H,14-18H2,1H3,(H,27,30). The molecule has 1 fully saturated rings. The molecule has 4 rings (SSSR count). The maximum Gasteiger partial charge on any atom is 0.285 e. The molecule has 0 bridgehead atoms. The van der Waals surface area contributed by atoms with Crippen LogP contribution in [0.15, 0.2) is 77.7 Å². The fraction of sp³-hybridized carbons (Fsp3) is 0.269. The molecule has 0 saturated carbocycles. The van der Waals surface area contributed by atoms with Crippen molar-refractivity contribution in [3.05, 3.63) is 99.6 Å². The van der Waals surface area contributed by atoms with Crippen LogP contribution < -0.4 is 5.32 Å². The number of nitrogens with zero attached hydrogens (tertiary/aromatic N) is 2. The molecule has 0 aliphatic carbocycles. The quantitative estimate of drug-likeness (QED) is 0.376. The summed E-state index contributed by atoms with van der Waals surface area (Å²) < 4.78 is 27.8. The highest BCUT2D eigenvalue weighted by atomic mass is 32.2. The lowest BCUT2D eigenvalue weighted by atomic mass is 9.91. The molecule has 8 nitrogen and oxygen atoms in total. The number of rotatable bonds is 7. The highest BCUT2D eigenvalue weighted by molar-refractivity contribution is 7.89. The predicted molar refractivity (Wildman–Crippen MR) is 134 cm³/mol. The second-order valence-corrected chi connectivity index (χ2v) is 10.7. The molecular weight excluding hydrogens is 466 g/mol. The van der Waals surface area contributed by atoms with Crippen LogP contribution in [0.3, 0.4) is 0 Å². The van der Waals surface area contributed by atoms with Crippen molar-refractivity contribution in [2.75, 3.05) is 18.4 Å². The van der Waals surface area contributed by atoms with Crippen LogP contribution in [0.2, 0.25) is 0 Å². The highest BCUT2D eigenvalue weighted by Crippen LogP contribution is 2.28. The molecule has 9 heteroatoms. The van der Waals surface area contributed by atoms with Gasteiger partial charge >= 0.3 is 0 Å². The van der Waals surface area contributed by atoms with E-state index in [-0.39, 0.29) is 16.1 Å². The van der Waals surface area contributed by atoms with Gasteiger partial charge in [-0.15, -0.1) is 0 Å². The number of amides is 1. The van der Waals surface area contributed by atoms with Gasteiger partial charge in [0, 0.05) is 24.3 Å². The molecule has 1 saturated heterocycles. The van der Waals surface area contributed by atoms with Crippen molar-refractivity contribution >= 4 is 27.3 Å². The molecule has 3 aromatic rings. The van der Waals surface area contributed by atoms with Crippen LogP contribution in [-0.4, -0.2) is 36.6 Å². The maximum atomic E-state index is 13.1. The average Bonchev–Trinajstić information content (AvgIpc) is 2.85. The zero-order valence-electron chi connectivity index (χ0n) is 19.4. The van der Waals surface area contributed by atoms with Crippen LogP contribution in [0, 0.1) is 23.0 Å². The smallest absolute Gasteiger partial charge is 0.285 e. The Balaban J connectivity index is 1.40. The van der Waals surface area contributed by atoms with E-state index in [0.717, 1.165) is 19.3 Å². The zero-order chi connectivity index (χ0) is 25.0. The summed E-state index contributed by atoms with van der Waals surface area (Å²) >= 11 is 0. The topological polar surface area (TPSA) is 110 Å². The summed E-state index contributed by atoms with van der Waals surface area (Å²) in [4.78, 5) is 23.6. The van der Waals surface area contributed by atoms with Crippen LogP contribution >= 0.6 is 0 Å². The Morgan fingerprint density at radius 1 is 1.00 bits per heavy atom. The van der Waals surface area contributed by atoms with Crippen LogP contribution in [0.5, 0.6) is 0 Å². The van der Waals surface area contributed by atoms with Crippen LogP contribution in [0.4, 0.5) is 11.4 Å². The van der Waals surface area contributed by atoms with Crippen LogP contribution in [0.1, 0.15) is 34.3 Å². The lowest BCUT2D eigenvalue weighted by Gasteiger charge is -2.31. The number of aryl methyl sites for hydroxylation is 1. The second-order valence-electron chi connectivity index (χ2n) is 8.74. The molecule has 1 amide bonds. The second kappa shape index (κ2) is 10.4. The Morgan fingerprint density at radius 2 is 1.66 bits per heavy atom. The van der Waals surface area contributed by atoms with Gasteiger partial charge in [0.15, 0.2) is 0 Å². The molecule has 0 unspecified atom stereocenters. The number of nitro groups is 1. The zero-order valence-corrected chi connectivity index (χ0v) is 20.2. The lowest BCUT2D eigenvalue weighted by molar-refractivity contribution is -0.385. The van der Waals surface area contributed by atoms with Gasteiger partial charge in [-0.05, 0) is 68.0 Å². The molecule has 0 aromatic heterocycles. The lowest BCUT2D eigenvalue weighted by Crippen LogP contribution is -2.38. The number of sulfonamides is 1. The number of piperidine rings is 1. The van der Waals surface area contributed by atoms with E-state index in [2.05, 4.69) is 17.4 Å². The van der Waals surface area contributed by atoms with Crippen molar-refractivity contribution in [3.63, 3.8) is 0 Å². The van der Waals surface area contributed by atoms with E-state index in [9.17, 15) is 23.3 Å². The number of nitro benzene ring substituents is 1. The number of carbonyl (C=O) groups excluding carboxylic acids is 1. The van der Waals surface area contributed by atoms with E-state index in [1.165, 1.54) is 40.2 Å². The molecule has 0 radical (unpaired) electrons. The largest absolute Gasteiger partial charge is 0.322 e. The minimum Gasteiger partial charge on any atom is -0.322 e. The van der Waals surface area contributed by atoms with Gasteiger partial charge in [-0.25, -0.2) is 8.42 Å². The van der Waals surface area contributed by atoms with Crippen molar-refractivity contribution < 1.29 is 18.1 Å². The maximum absolute atomic E-state index is 13.1. The van der Waals surface area contributed by atoms with Gasteiger partial charge in [0.2, 0.25) is 10.0 Å². The Morgan fingerprint density at radius 3 is 2.29 bits per heavy atom. The number of hydrogen-bond donors (Lipinski definition) is 1. The van der Waals surface area contributed by atoms with Crippen LogP contribution in [-0.2, 0) is 16.4 Å². The number of para-hydroxylation sites is 1. The highest BCUT2D eigenvalue weighted by Gasteiger charge is 2.29. The fourth-order valence-electron chi connectivity index (χ4n) is 4.44. The van der Waals surface area contributed by atoms with Gasteiger partial charge < -0.3 is 5.32 Å². The van der Waals surface area contributed by atoms with Gasteiger partial charge in [-0.3, -0.25) is 14.9 Å². The summed E-state index contributed by atoms with van der Waals surface area (Å²) in [5.74, 6) is -0.177. The SMILES string of the molecule is Cc1cccc(C(=O)Nc2ccc(S(=O)(=O)N3CCC(Cc4ccccc4)CC3)cc2)c1[N+](=O)[O-]. The summed E-state index contributed by atoms with van der Waals surface area (Å²) in [6.45, 7) is 2.50. The first kappa shape index (κ1) is 24.6. The number of hydrogen-bond acceptors (Lipinski definition) is 5. The van der Waals surface area contributed by atoms with Crippen molar-refractivity contribution in [2.24, 2.45) is 5.92 Å². The molecule has 0 atom stereocenters. The Hall–Kier alpha value is -3.56. The van der Waals surface area contributed by atoms with Gasteiger partial charge in [-0.1, -0.05) is 42.5 Å². The van der Waals surface area contributed by atoms with E-state index in [4.69, 9.17) is 0 Å². The Kier molecular flexibility index (Phi) is 7.28. The van der Waals surface area contributed by atoms with Crippen LogP contribution in [0.25, 0.3) is 0 Å². The molecule has 0 spiro atoms. The Labute approximate surface area is 204 Å². The first-order valence-electron chi connectivity index (χ1n) is 11.4. The van der Waals surface area contributed by atoms with Crippen molar-refractivity contribution in [2.45, 2.75) is 31.1 Å². The number of carbonyl (C=O) groups is 1. The Bertz CT molecular complexity index is 1320. The average molecular weight is 494 g/mol. The number of nitrogens with one attached hydrogen (secondary N) is 1. The van der Waals surface area contributed by atoms with E-state index < -0.39 is 20.9 Å². The van der Waals surface area contributed by atoms with E-state index >= 15 is 0 Å². The van der Waals surface area contributed by atoms with Gasteiger partial charge in [-0.2, -0.15) is 4.31 Å².